The normalized spacial score (nSPS) is 19.2. The Kier molecular flexibility index (Phi) is 4.92. The van der Waals surface area contributed by atoms with Crippen molar-refractivity contribution in [2.75, 3.05) is 5.73 Å². The molecule has 0 amide bonds. The largest absolute Gasteiger partial charge is 0.496 e. The lowest BCUT2D eigenvalue weighted by Crippen LogP contribution is -2.41. The second kappa shape index (κ2) is 6.74. The van der Waals surface area contributed by atoms with Gasteiger partial charge in [-0.3, -0.25) is 4.98 Å². The molecule has 2 aromatic heterocycles. The topological polar surface area (TPSA) is 99.0 Å². The van der Waals surface area contributed by atoms with E-state index < -0.39 is 30.5 Å². The molecule has 0 spiro atoms. The van der Waals surface area contributed by atoms with E-state index in [1.54, 1.807) is 12.1 Å². The number of anilines is 1. The Balaban J connectivity index is 1.94. The molecule has 0 bridgehead atoms. The Bertz CT molecular complexity index is 948. The molecule has 3 rings (SSSR count). The van der Waals surface area contributed by atoms with Crippen molar-refractivity contribution < 1.29 is 22.5 Å². The van der Waals surface area contributed by atoms with Crippen molar-refractivity contribution in [2.45, 2.75) is 58.0 Å². The molecule has 7 nitrogen and oxygen atoms in total. The summed E-state index contributed by atoms with van der Waals surface area (Å²) in [6.07, 6.45) is -3.07. The van der Waals surface area contributed by atoms with Crippen LogP contribution in [0.1, 0.15) is 46.2 Å². The highest BCUT2D eigenvalue weighted by atomic mass is 19.4. The molecule has 3 heterocycles. The molecule has 0 aliphatic carbocycles. The molecular formula is C18H21BF3N5O2. The van der Waals surface area contributed by atoms with Crippen molar-refractivity contribution in [3.63, 3.8) is 0 Å². The first-order chi connectivity index (χ1) is 13.3. The van der Waals surface area contributed by atoms with Gasteiger partial charge in [-0.25, -0.2) is 4.68 Å². The van der Waals surface area contributed by atoms with Crippen molar-refractivity contribution in [3.05, 3.63) is 23.9 Å². The third-order valence-electron chi connectivity index (χ3n) is 5.45. The van der Waals surface area contributed by atoms with Crippen molar-refractivity contribution in [2.24, 2.45) is 0 Å². The smallest absolute Gasteiger partial charge is 0.399 e. The fourth-order valence-corrected chi connectivity index (χ4v) is 2.83. The van der Waals surface area contributed by atoms with E-state index in [1.807, 2.05) is 33.8 Å². The second-order valence-corrected chi connectivity index (χ2v) is 7.95. The Morgan fingerprint density at radius 2 is 1.79 bits per heavy atom. The van der Waals surface area contributed by atoms with Crippen LogP contribution in [0.15, 0.2) is 18.3 Å². The van der Waals surface area contributed by atoms with Gasteiger partial charge in [0.2, 0.25) is 0 Å². The van der Waals surface area contributed by atoms with Crippen LogP contribution in [0.5, 0.6) is 0 Å². The summed E-state index contributed by atoms with van der Waals surface area (Å²) >= 11 is 0. The number of aromatic nitrogens is 3. The van der Waals surface area contributed by atoms with Crippen LogP contribution in [0.2, 0.25) is 0 Å². The Hall–Kier alpha value is -2.58. The Morgan fingerprint density at radius 1 is 1.21 bits per heavy atom. The number of pyridine rings is 1. The van der Waals surface area contributed by atoms with Crippen LogP contribution in [0.3, 0.4) is 0 Å². The van der Waals surface area contributed by atoms with Crippen molar-refractivity contribution in [1.82, 2.24) is 14.8 Å². The van der Waals surface area contributed by atoms with E-state index in [-0.39, 0.29) is 22.8 Å². The van der Waals surface area contributed by atoms with Crippen LogP contribution in [0.25, 0.3) is 11.4 Å². The molecule has 2 N–H and O–H groups in total. The van der Waals surface area contributed by atoms with Gasteiger partial charge in [0.1, 0.15) is 29.2 Å². The average molecular weight is 407 g/mol. The third-order valence-corrected chi connectivity index (χ3v) is 5.45. The van der Waals surface area contributed by atoms with Crippen molar-refractivity contribution in [3.8, 4) is 17.5 Å². The summed E-state index contributed by atoms with van der Waals surface area (Å²) in [5, 5.41) is 13.3. The maximum Gasteiger partial charge on any atom is 0.496 e. The lowest BCUT2D eigenvalue weighted by atomic mass is 9.80. The van der Waals surface area contributed by atoms with E-state index in [0.29, 0.717) is 10.1 Å². The number of halogens is 3. The van der Waals surface area contributed by atoms with Gasteiger partial charge in [0.25, 0.3) is 0 Å². The molecule has 29 heavy (non-hydrogen) atoms. The molecule has 11 heteroatoms. The zero-order valence-electron chi connectivity index (χ0n) is 16.7. The predicted octanol–water partition coefficient (Wildman–Crippen LogP) is 2.82. The summed E-state index contributed by atoms with van der Waals surface area (Å²) in [5.74, 6) is -0.357. The second-order valence-electron chi connectivity index (χ2n) is 7.95. The summed E-state index contributed by atoms with van der Waals surface area (Å²) < 4.78 is 51.7. The maximum atomic E-state index is 13.1. The van der Waals surface area contributed by atoms with Gasteiger partial charge in [-0.1, -0.05) is 6.07 Å². The summed E-state index contributed by atoms with van der Waals surface area (Å²) in [4.78, 5) is 4.25. The number of hydrogen-bond acceptors (Lipinski definition) is 6. The van der Waals surface area contributed by atoms with E-state index in [2.05, 4.69) is 10.1 Å². The molecule has 0 radical (unpaired) electrons. The molecule has 0 saturated carbocycles. The van der Waals surface area contributed by atoms with Gasteiger partial charge in [-0.05, 0) is 40.7 Å². The maximum absolute atomic E-state index is 13.1. The minimum absolute atomic E-state index is 0.0124. The predicted molar refractivity (Wildman–Crippen MR) is 101 cm³/mol. The Morgan fingerprint density at radius 3 is 2.24 bits per heavy atom. The van der Waals surface area contributed by atoms with Gasteiger partial charge in [0.15, 0.2) is 0 Å². The van der Waals surface area contributed by atoms with Crippen LogP contribution in [-0.4, -0.2) is 39.3 Å². The first-order valence-corrected chi connectivity index (χ1v) is 8.95. The van der Waals surface area contributed by atoms with E-state index in [9.17, 15) is 18.4 Å². The zero-order valence-corrected chi connectivity index (χ0v) is 16.7. The highest BCUT2D eigenvalue weighted by Crippen LogP contribution is 2.37. The first-order valence-electron chi connectivity index (χ1n) is 8.95. The molecule has 1 unspecified atom stereocenters. The van der Waals surface area contributed by atoms with Gasteiger partial charge in [0.05, 0.1) is 16.9 Å². The van der Waals surface area contributed by atoms with Crippen LogP contribution in [-0.2, 0) is 9.31 Å². The van der Waals surface area contributed by atoms with Gasteiger partial charge >= 0.3 is 13.3 Å². The van der Waals surface area contributed by atoms with Gasteiger partial charge < -0.3 is 15.0 Å². The molecule has 1 aliphatic heterocycles. The highest BCUT2D eigenvalue weighted by molar-refractivity contribution is 6.62. The van der Waals surface area contributed by atoms with Crippen LogP contribution < -0.4 is 11.2 Å². The lowest BCUT2D eigenvalue weighted by Gasteiger charge is -2.32. The highest BCUT2D eigenvalue weighted by Gasteiger charge is 2.51. The zero-order chi connectivity index (χ0) is 21.8. The monoisotopic (exact) mass is 407 g/mol. The third kappa shape index (κ3) is 3.58. The minimum Gasteiger partial charge on any atom is -0.399 e. The number of hydrogen-bond donors (Lipinski definition) is 1. The van der Waals surface area contributed by atoms with E-state index in [1.165, 1.54) is 6.20 Å². The van der Waals surface area contributed by atoms with Crippen LogP contribution in [0, 0.1) is 11.3 Å². The fourth-order valence-electron chi connectivity index (χ4n) is 2.83. The van der Waals surface area contributed by atoms with Gasteiger partial charge in [-0.15, -0.1) is 0 Å². The number of nitrogen functional groups attached to an aromatic ring is 1. The van der Waals surface area contributed by atoms with Gasteiger partial charge in [0, 0.05) is 11.7 Å². The summed E-state index contributed by atoms with van der Waals surface area (Å²) in [7, 11) is -0.634. The Labute approximate surface area is 166 Å². The van der Waals surface area contributed by atoms with Crippen molar-refractivity contribution >= 4 is 18.4 Å². The molecule has 2 aromatic rings. The standard InChI is InChI=1S/C18H21BF3N5O2/c1-10(18(20,21)22)27-15(24)12(8-23)14(26-27)13-7-6-11(9-25-13)19-28-16(2,3)17(4,5)29-19/h6-7,9-10H,24H2,1-5H3. The molecule has 1 fully saturated rings. The molecule has 1 atom stereocenters. The molecule has 1 saturated heterocycles. The fraction of sp³-hybridized carbons (Fsp3) is 0.500. The average Bonchev–Trinajstić information content (AvgIpc) is 3.06. The number of alkyl halides is 3. The molecule has 0 aromatic carbocycles. The van der Waals surface area contributed by atoms with Crippen molar-refractivity contribution in [1.29, 1.82) is 5.26 Å². The van der Waals surface area contributed by atoms with E-state index in [0.717, 1.165) is 6.92 Å². The molecule has 1 aliphatic rings. The lowest BCUT2D eigenvalue weighted by molar-refractivity contribution is -0.164. The summed E-state index contributed by atoms with van der Waals surface area (Å²) in [6, 6.07) is 3.06. The van der Waals surface area contributed by atoms with Crippen LogP contribution >= 0.6 is 0 Å². The van der Waals surface area contributed by atoms with Crippen LogP contribution in [0.4, 0.5) is 19.0 Å². The van der Waals surface area contributed by atoms with Gasteiger partial charge in [-0.2, -0.15) is 23.5 Å². The van der Waals surface area contributed by atoms with E-state index in [4.69, 9.17) is 15.0 Å². The number of nitriles is 1. The summed E-state index contributed by atoms with van der Waals surface area (Å²) in [6.45, 7) is 8.61. The number of nitrogens with zero attached hydrogens (tertiary/aromatic N) is 4. The SMILES string of the molecule is CC(n1nc(-c2ccc(B3OC(C)(C)C(C)(C)O3)cn2)c(C#N)c1N)C(F)(F)F. The molecular weight excluding hydrogens is 386 g/mol. The summed E-state index contributed by atoms with van der Waals surface area (Å²) in [5.41, 5.74) is 5.40. The number of nitrogens with two attached hydrogens (primary N) is 1. The first kappa shape index (κ1) is 21.1. The quantitative estimate of drug-likeness (QED) is 0.786. The van der Waals surface area contributed by atoms with E-state index >= 15 is 0 Å². The number of rotatable bonds is 3. The minimum atomic E-state index is -4.56. The molecule has 154 valence electrons.